The zero-order chi connectivity index (χ0) is 17.2. The van der Waals surface area contributed by atoms with Gasteiger partial charge in [0.15, 0.2) is 0 Å². The van der Waals surface area contributed by atoms with Gasteiger partial charge in [-0.15, -0.1) is 0 Å². The molecule has 122 valence electrons. The van der Waals surface area contributed by atoms with Gasteiger partial charge in [0.25, 0.3) is 0 Å². The summed E-state index contributed by atoms with van der Waals surface area (Å²) in [4.78, 5) is 27.1. The van der Waals surface area contributed by atoms with Gasteiger partial charge in [0, 0.05) is 5.39 Å². The molecule has 2 N–H and O–H groups in total. The first-order valence-corrected chi connectivity index (χ1v) is 6.95. The number of rotatable bonds is 3. The van der Waals surface area contributed by atoms with Crippen LogP contribution in [0.2, 0.25) is 0 Å². The van der Waals surface area contributed by atoms with E-state index in [-0.39, 0.29) is 23.2 Å². The fraction of sp³-hybridized carbons (Fsp3) is 0.312. The van der Waals surface area contributed by atoms with Gasteiger partial charge >= 0.3 is 12.1 Å². The molecule has 23 heavy (non-hydrogen) atoms. The van der Waals surface area contributed by atoms with Gasteiger partial charge in [0.05, 0.1) is 23.3 Å². The second-order valence-corrected chi connectivity index (χ2v) is 5.95. The SMILES string of the molecule is CC(C)(C)OC(=O)NCc1nc2cccc(F)c2cc1C(=O)O. The molecule has 0 aliphatic rings. The van der Waals surface area contributed by atoms with Crippen LogP contribution in [0.25, 0.3) is 10.9 Å². The van der Waals surface area contributed by atoms with Crippen LogP contribution in [-0.4, -0.2) is 27.8 Å². The molecule has 0 spiro atoms. The number of ether oxygens (including phenoxy) is 1. The zero-order valence-electron chi connectivity index (χ0n) is 13.0. The molecule has 1 heterocycles. The zero-order valence-corrected chi connectivity index (χ0v) is 13.0. The Morgan fingerprint density at radius 3 is 2.65 bits per heavy atom. The first-order valence-electron chi connectivity index (χ1n) is 6.95. The number of halogens is 1. The van der Waals surface area contributed by atoms with E-state index in [9.17, 15) is 19.1 Å². The van der Waals surface area contributed by atoms with Gasteiger partial charge in [-0.1, -0.05) is 6.07 Å². The summed E-state index contributed by atoms with van der Waals surface area (Å²) in [5, 5.41) is 11.8. The molecule has 0 radical (unpaired) electrons. The molecule has 1 aromatic carbocycles. The van der Waals surface area contributed by atoms with Crippen LogP contribution in [0.5, 0.6) is 0 Å². The Labute approximate surface area is 132 Å². The Balaban J connectivity index is 2.30. The van der Waals surface area contributed by atoms with Crippen LogP contribution in [0, 0.1) is 5.82 Å². The van der Waals surface area contributed by atoms with Crippen LogP contribution in [0.4, 0.5) is 9.18 Å². The van der Waals surface area contributed by atoms with E-state index in [4.69, 9.17) is 4.74 Å². The molecular formula is C16H17FN2O4. The molecule has 0 bridgehead atoms. The number of hydrogen-bond donors (Lipinski definition) is 2. The number of alkyl carbamates (subject to hydrolysis) is 1. The molecule has 0 saturated heterocycles. The number of benzene rings is 1. The quantitative estimate of drug-likeness (QED) is 0.907. The number of hydrogen-bond acceptors (Lipinski definition) is 4. The first kappa shape index (κ1) is 16.7. The van der Waals surface area contributed by atoms with Crippen LogP contribution < -0.4 is 5.32 Å². The lowest BCUT2D eigenvalue weighted by atomic mass is 10.1. The van der Waals surface area contributed by atoms with Crippen LogP contribution in [0.1, 0.15) is 36.8 Å². The predicted octanol–water partition coefficient (Wildman–Crippen LogP) is 3.10. The van der Waals surface area contributed by atoms with Gasteiger partial charge in [-0.2, -0.15) is 0 Å². The molecule has 7 heteroatoms. The van der Waals surface area contributed by atoms with Gasteiger partial charge in [0.2, 0.25) is 0 Å². The first-order chi connectivity index (χ1) is 10.7. The van der Waals surface area contributed by atoms with E-state index < -0.39 is 23.5 Å². The molecule has 2 aromatic rings. The Kier molecular flexibility index (Phi) is 4.49. The highest BCUT2D eigenvalue weighted by Crippen LogP contribution is 2.20. The summed E-state index contributed by atoms with van der Waals surface area (Å²) in [5.41, 5.74) is -0.393. The van der Waals surface area contributed by atoms with Crippen molar-refractivity contribution in [2.24, 2.45) is 0 Å². The molecule has 0 fully saturated rings. The van der Waals surface area contributed by atoms with Crippen molar-refractivity contribution in [2.45, 2.75) is 32.9 Å². The van der Waals surface area contributed by atoms with E-state index in [1.54, 1.807) is 26.8 Å². The third-order valence-electron chi connectivity index (χ3n) is 2.91. The Bertz CT molecular complexity index is 768. The fourth-order valence-electron chi connectivity index (χ4n) is 1.99. The van der Waals surface area contributed by atoms with E-state index in [1.807, 2.05) is 0 Å². The predicted molar refractivity (Wildman–Crippen MR) is 81.7 cm³/mol. The van der Waals surface area contributed by atoms with Crippen molar-refractivity contribution in [1.29, 1.82) is 0 Å². The maximum atomic E-state index is 13.7. The minimum atomic E-state index is -1.25. The number of carbonyl (C=O) groups is 2. The van der Waals surface area contributed by atoms with Crippen LogP contribution >= 0.6 is 0 Å². The van der Waals surface area contributed by atoms with E-state index in [0.717, 1.165) is 0 Å². The maximum absolute atomic E-state index is 13.7. The Hall–Kier alpha value is -2.70. The number of nitrogens with one attached hydrogen (secondary N) is 1. The number of carboxylic acid groups (broad SMARTS) is 1. The van der Waals surface area contributed by atoms with Crippen LogP contribution in [0.3, 0.4) is 0 Å². The average Bonchev–Trinajstić information content (AvgIpc) is 2.42. The number of aromatic nitrogens is 1. The summed E-state index contributed by atoms with van der Waals surface area (Å²) in [6.07, 6.45) is -0.685. The molecule has 1 amide bonds. The molecule has 6 nitrogen and oxygen atoms in total. The number of aromatic carboxylic acids is 1. The maximum Gasteiger partial charge on any atom is 0.407 e. The van der Waals surface area contributed by atoms with Gasteiger partial charge in [-0.3, -0.25) is 0 Å². The highest BCUT2D eigenvalue weighted by atomic mass is 19.1. The minimum absolute atomic E-state index is 0.117. The Morgan fingerprint density at radius 1 is 1.35 bits per heavy atom. The molecule has 0 aliphatic heterocycles. The van der Waals surface area contributed by atoms with Crippen LogP contribution in [-0.2, 0) is 11.3 Å². The summed E-state index contributed by atoms with van der Waals surface area (Å²) < 4.78 is 18.8. The molecule has 2 rings (SSSR count). The summed E-state index contributed by atoms with van der Waals surface area (Å²) in [5.74, 6) is -1.80. The molecule has 0 aliphatic carbocycles. The third-order valence-corrected chi connectivity index (χ3v) is 2.91. The van der Waals surface area contributed by atoms with Gasteiger partial charge in [-0.05, 0) is 39.0 Å². The molecule has 0 saturated carbocycles. The topological polar surface area (TPSA) is 88.5 Å². The summed E-state index contributed by atoms with van der Waals surface area (Å²) in [7, 11) is 0. The smallest absolute Gasteiger partial charge is 0.407 e. The lowest BCUT2D eigenvalue weighted by Gasteiger charge is -2.19. The number of carbonyl (C=O) groups excluding carboxylic acids is 1. The normalized spacial score (nSPS) is 11.3. The lowest BCUT2D eigenvalue weighted by molar-refractivity contribution is 0.0520. The van der Waals surface area contributed by atoms with E-state index in [2.05, 4.69) is 10.3 Å². The molecule has 0 unspecified atom stereocenters. The summed E-state index contributed by atoms with van der Waals surface area (Å²) in [6, 6.07) is 5.50. The van der Waals surface area contributed by atoms with Crippen molar-refractivity contribution in [3.63, 3.8) is 0 Å². The molecule has 0 atom stereocenters. The second kappa shape index (κ2) is 6.20. The van der Waals surface area contributed by atoms with E-state index in [1.165, 1.54) is 18.2 Å². The summed E-state index contributed by atoms with van der Waals surface area (Å²) >= 11 is 0. The summed E-state index contributed by atoms with van der Waals surface area (Å²) in [6.45, 7) is 5.01. The fourth-order valence-corrected chi connectivity index (χ4v) is 1.99. The van der Waals surface area contributed by atoms with Gasteiger partial charge < -0.3 is 15.2 Å². The van der Waals surface area contributed by atoms with E-state index >= 15 is 0 Å². The van der Waals surface area contributed by atoms with Crippen molar-refractivity contribution in [3.05, 3.63) is 41.3 Å². The van der Waals surface area contributed by atoms with E-state index in [0.29, 0.717) is 5.52 Å². The van der Waals surface area contributed by atoms with Crippen molar-refractivity contribution >= 4 is 23.0 Å². The number of nitrogens with zero attached hydrogens (tertiary/aromatic N) is 1. The Morgan fingerprint density at radius 2 is 2.04 bits per heavy atom. The van der Waals surface area contributed by atoms with Crippen molar-refractivity contribution in [3.8, 4) is 0 Å². The second-order valence-electron chi connectivity index (χ2n) is 5.95. The number of amides is 1. The van der Waals surface area contributed by atoms with Crippen molar-refractivity contribution in [2.75, 3.05) is 0 Å². The number of pyridine rings is 1. The largest absolute Gasteiger partial charge is 0.478 e. The minimum Gasteiger partial charge on any atom is -0.478 e. The molecule has 1 aromatic heterocycles. The van der Waals surface area contributed by atoms with Crippen molar-refractivity contribution in [1.82, 2.24) is 10.3 Å². The third kappa shape index (κ3) is 4.15. The monoisotopic (exact) mass is 320 g/mol. The number of fused-ring (bicyclic) bond motifs is 1. The molecular weight excluding hydrogens is 303 g/mol. The standard InChI is InChI=1S/C16H17FN2O4/c1-16(2,3)23-15(22)18-8-13-10(14(20)21)7-9-11(17)5-4-6-12(9)19-13/h4-7H,8H2,1-3H3,(H,18,22)(H,20,21). The lowest BCUT2D eigenvalue weighted by Crippen LogP contribution is -2.32. The highest BCUT2D eigenvalue weighted by Gasteiger charge is 2.19. The van der Waals surface area contributed by atoms with Gasteiger partial charge in [-0.25, -0.2) is 19.0 Å². The highest BCUT2D eigenvalue weighted by molar-refractivity contribution is 5.94. The van der Waals surface area contributed by atoms with Gasteiger partial charge in [0.1, 0.15) is 11.4 Å². The van der Waals surface area contributed by atoms with Crippen LogP contribution in [0.15, 0.2) is 24.3 Å². The number of carboxylic acids is 1. The van der Waals surface area contributed by atoms with Crippen molar-refractivity contribution < 1.29 is 23.8 Å². The average molecular weight is 320 g/mol.